The third-order valence-electron chi connectivity index (χ3n) is 2.32. The van der Waals surface area contributed by atoms with Gasteiger partial charge in [0.05, 0.1) is 10.7 Å². The minimum Gasteiger partial charge on any atom is -0.381 e. The third-order valence-corrected chi connectivity index (χ3v) is 3.14. The van der Waals surface area contributed by atoms with Gasteiger partial charge in [0.15, 0.2) is 0 Å². The third kappa shape index (κ3) is 4.43. The Bertz CT molecular complexity index is 314. The van der Waals surface area contributed by atoms with Crippen molar-refractivity contribution < 1.29 is 0 Å². The summed E-state index contributed by atoms with van der Waals surface area (Å²) in [6.07, 6.45) is 3.66. The first-order valence-electron chi connectivity index (χ1n) is 5.35. The number of halogens is 2. The van der Waals surface area contributed by atoms with E-state index in [2.05, 4.69) is 35.1 Å². The van der Waals surface area contributed by atoms with Gasteiger partial charge < -0.3 is 5.32 Å². The van der Waals surface area contributed by atoms with Gasteiger partial charge in [-0.1, -0.05) is 47.3 Å². The molecular formula is C12H17BrClN. The summed E-state index contributed by atoms with van der Waals surface area (Å²) in [4.78, 5) is 0. The van der Waals surface area contributed by atoms with Crippen molar-refractivity contribution in [1.82, 2.24) is 0 Å². The highest BCUT2D eigenvalue weighted by Gasteiger charge is 2.05. The largest absolute Gasteiger partial charge is 0.381 e. The van der Waals surface area contributed by atoms with E-state index in [4.69, 9.17) is 11.6 Å². The monoisotopic (exact) mass is 289 g/mol. The van der Waals surface area contributed by atoms with Gasteiger partial charge in [0.2, 0.25) is 0 Å². The summed E-state index contributed by atoms with van der Waals surface area (Å²) in [7, 11) is 0. The first kappa shape index (κ1) is 12.9. The summed E-state index contributed by atoms with van der Waals surface area (Å²) in [6.45, 7) is 4.39. The molecular weight excluding hydrogens is 273 g/mol. The molecule has 1 atom stereocenters. The van der Waals surface area contributed by atoms with Crippen LogP contribution in [0.5, 0.6) is 0 Å². The van der Waals surface area contributed by atoms with Crippen molar-refractivity contribution in [2.45, 2.75) is 39.2 Å². The molecule has 0 aromatic heterocycles. The zero-order chi connectivity index (χ0) is 11.3. The second-order valence-electron chi connectivity index (χ2n) is 3.81. The summed E-state index contributed by atoms with van der Waals surface area (Å²) in [6, 6.07) is 6.34. The van der Waals surface area contributed by atoms with Crippen molar-refractivity contribution in [3.63, 3.8) is 0 Å². The Kier molecular flexibility index (Phi) is 5.48. The molecule has 0 bridgehead atoms. The summed E-state index contributed by atoms with van der Waals surface area (Å²) in [5, 5.41) is 4.20. The molecule has 3 heteroatoms. The van der Waals surface area contributed by atoms with Gasteiger partial charge in [0.25, 0.3) is 0 Å². The van der Waals surface area contributed by atoms with Gasteiger partial charge in [-0.05, 0) is 31.5 Å². The average Bonchev–Trinajstić information content (AvgIpc) is 2.20. The molecule has 1 unspecified atom stereocenters. The second kappa shape index (κ2) is 6.39. The Hall–Kier alpha value is -0.210. The highest BCUT2D eigenvalue weighted by molar-refractivity contribution is 9.10. The molecule has 0 spiro atoms. The molecule has 0 aliphatic heterocycles. The Morgan fingerprint density at radius 1 is 1.47 bits per heavy atom. The highest BCUT2D eigenvalue weighted by Crippen LogP contribution is 2.26. The molecule has 0 radical (unpaired) electrons. The molecule has 1 rings (SSSR count). The fourth-order valence-electron chi connectivity index (χ4n) is 1.46. The predicted octanol–water partition coefficient (Wildman–Crippen LogP) is 5.09. The van der Waals surface area contributed by atoms with Crippen LogP contribution < -0.4 is 5.32 Å². The van der Waals surface area contributed by atoms with Gasteiger partial charge in [-0.2, -0.15) is 0 Å². The molecule has 1 aromatic carbocycles. The number of unbranched alkanes of at least 4 members (excludes halogenated alkanes) is 1. The Morgan fingerprint density at radius 3 is 2.87 bits per heavy atom. The van der Waals surface area contributed by atoms with Crippen LogP contribution in [0, 0.1) is 0 Å². The van der Waals surface area contributed by atoms with E-state index in [9.17, 15) is 0 Å². The molecule has 15 heavy (non-hydrogen) atoms. The van der Waals surface area contributed by atoms with E-state index in [1.54, 1.807) is 0 Å². The lowest BCUT2D eigenvalue weighted by Gasteiger charge is -2.16. The Morgan fingerprint density at radius 2 is 2.20 bits per heavy atom. The van der Waals surface area contributed by atoms with Crippen LogP contribution in [0.3, 0.4) is 0 Å². The number of hydrogen-bond acceptors (Lipinski definition) is 1. The van der Waals surface area contributed by atoms with Gasteiger partial charge in [0.1, 0.15) is 0 Å². The molecule has 0 fully saturated rings. The van der Waals surface area contributed by atoms with Crippen LogP contribution in [0.1, 0.15) is 33.1 Å². The number of anilines is 1. The first-order chi connectivity index (χ1) is 7.13. The molecule has 1 nitrogen and oxygen atoms in total. The van der Waals surface area contributed by atoms with Crippen molar-refractivity contribution >= 4 is 33.2 Å². The number of benzene rings is 1. The summed E-state index contributed by atoms with van der Waals surface area (Å²) < 4.78 is 1.05. The molecule has 84 valence electrons. The molecule has 0 aliphatic rings. The Balaban J connectivity index is 2.59. The van der Waals surface area contributed by atoms with E-state index >= 15 is 0 Å². The second-order valence-corrected chi connectivity index (χ2v) is 5.13. The normalized spacial score (nSPS) is 12.5. The maximum atomic E-state index is 6.09. The van der Waals surface area contributed by atoms with Gasteiger partial charge in [-0.3, -0.25) is 0 Å². The average molecular weight is 291 g/mol. The van der Waals surface area contributed by atoms with Crippen molar-refractivity contribution in [2.24, 2.45) is 0 Å². The lowest BCUT2D eigenvalue weighted by atomic mass is 10.1. The van der Waals surface area contributed by atoms with Crippen molar-refractivity contribution in [2.75, 3.05) is 5.32 Å². The maximum Gasteiger partial charge on any atom is 0.0638 e. The van der Waals surface area contributed by atoms with Crippen molar-refractivity contribution in [3.05, 3.63) is 27.7 Å². The van der Waals surface area contributed by atoms with E-state index in [0.29, 0.717) is 6.04 Å². The summed E-state index contributed by atoms with van der Waals surface area (Å²) >= 11 is 9.53. The molecule has 0 aliphatic carbocycles. The van der Waals surface area contributed by atoms with Gasteiger partial charge in [0, 0.05) is 10.5 Å². The lowest BCUT2D eigenvalue weighted by Crippen LogP contribution is -2.14. The zero-order valence-electron chi connectivity index (χ0n) is 9.19. The van der Waals surface area contributed by atoms with E-state index < -0.39 is 0 Å². The standard InChI is InChI=1S/C12H17BrClN/c1-3-4-5-9(2)15-12-8-10(13)6-7-11(12)14/h6-9,15H,3-5H2,1-2H3. The number of rotatable bonds is 5. The van der Waals surface area contributed by atoms with Crippen molar-refractivity contribution in [3.8, 4) is 0 Å². The number of hydrogen-bond donors (Lipinski definition) is 1. The van der Waals surface area contributed by atoms with E-state index in [0.717, 1.165) is 15.2 Å². The minimum atomic E-state index is 0.469. The maximum absolute atomic E-state index is 6.09. The minimum absolute atomic E-state index is 0.469. The smallest absolute Gasteiger partial charge is 0.0638 e. The SMILES string of the molecule is CCCCC(C)Nc1cc(Br)ccc1Cl. The quantitative estimate of drug-likeness (QED) is 0.796. The van der Waals surface area contributed by atoms with E-state index in [1.807, 2.05) is 18.2 Å². The van der Waals surface area contributed by atoms with Crippen LogP contribution in [0.15, 0.2) is 22.7 Å². The van der Waals surface area contributed by atoms with E-state index in [1.165, 1.54) is 19.3 Å². The topological polar surface area (TPSA) is 12.0 Å². The van der Waals surface area contributed by atoms with Crippen molar-refractivity contribution in [1.29, 1.82) is 0 Å². The van der Waals surface area contributed by atoms with Gasteiger partial charge in [-0.25, -0.2) is 0 Å². The molecule has 1 aromatic rings. The lowest BCUT2D eigenvalue weighted by molar-refractivity contribution is 0.645. The summed E-state index contributed by atoms with van der Waals surface area (Å²) in [5.41, 5.74) is 1.01. The van der Waals surface area contributed by atoms with E-state index in [-0.39, 0.29) is 0 Å². The van der Waals surface area contributed by atoms with Crippen LogP contribution in [-0.2, 0) is 0 Å². The summed E-state index contributed by atoms with van der Waals surface area (Å²) in [5.74, 6) is 0. The number of nitrogens with one attached hydrogen (secondary N) is 1. The molecule has 0 amide bonds. The molecule has 1 N–H and O–H groups in total. The predicted molar refractivity (Wildman–Crippen MR) is 71.8 cm³/mol. The first-order valence-corrected chi connectivity index (χ1v) is 6.52. The fraction of sp³-hybridized carbons (Fsp3) is 0.500. The van der Waals surface area contributed by atoms with Gasteiger partial charge in [-0.15, -0.1) is 0 Å². The zero-order valence-corrected chi connectivity index (χ0v) is 11.5. The van der Waals surface area contributed by atoms with Gasteiger partial charge >= 0.3 is 0 Å². The van der Waals surface area contributed by atoms with Crippen LogP contribution in [0.2, 0.25) is 5.02 Å². The van der Waals surface area contributed by atoms with Crippen LogP contribution in [0.4, 0.5) is 5.69 Å². The van der Waals surface area contributed by atoms with Crippen LogP contribution >= 0.6 is 27.5 Å². The molecule has 0 saturated carbocycles. The van der Waals surface area contributed by atoms with Crippen LogP contribution in [0.25, 0.3) is 0 Å². The molecule has 0 heterocycles. The molecule has 0 saturated heterocycles. The Labute approximate surface area is 105 Å². The highest BCUT2D eigenvalue weighted by atomic mass is 79.9. The fourth-order valence-corrected chi connectivity index (χ4v) is 1.99. The van der Waals surface area contributed by atoms with Crippen LogP contribution in [-0.4, -0.2) is 6.04 Å².